The van der Waals surface area contributed by atoms with Gasteiger partial charge in [0, 0.05) is 5.02 Å². The van der Waals surface area contributed by atoms with E-state index in [0.717, 1.165) is 8.47 Å². The van der Waals surface area contributed by atoms with E-state index in [0.29, 0.717) is 28.6 Å². The standard InChI is InChI=1S/C20H16ClIN2O5/c1-2-28-18(25)11-29-17-8-3-12(9-15(17)22)10-16-19(26)24(20(27)23-16)14-6-4-13(21)5-7-14/h3-10H,2,11H2,1H3,(H,23,27)/b16-10+. The minimum Gasteiger partial charge on any atom is -0.481 e. The highest BCUT2D eigenvalue weighted by molar-refractivity contribution is 14.1. The van der Waals surface area contributed by atoms with Crippen LogP contribution in [0, 0.1) is 3.57 Å². The Hall–Kier alpha value is -2.59. The van der Waals surface area contributed by atoms with Crippen molar-refractivity contribution in [3.63, 3.8) is 0 Å². The van der Waals surface area contributed by atoms with Crippen LogP contribution in [0.5, 0.6) is 5.75 Å². The lowest BCUT2D eigenvalue weighted by molar-refractivity contribution is -0.145. The number of imide groups is 1. The van der Waals surface area contributed by atoms with Gasteiger partial charge in [-0.2, -0.15) is 0 Å². The predicted molar refractivity (Wildman–Crippen MR) is 117 cm³/mol. The number of carbonyl (C=O) groups is 3. The SMILES string of the molecule is CCOC(=O)COc1ccc(/C=C2/NC(=O)N(c3ccc(Cl)cc3)C2=O)cc1I. The number of nitrogens with zero attached hydrogens (tertiary/aromatic N) is 1. The zero-order valence-corrected chi connectivity index (χ0v) is 18.2. The van der Waals surface area contributed by atoms with E-state index in [-0.39, 0.29) is 12.3 Å². The molecule has 3 rings (SSSR count). The topological polar surface area (TPSA) is 84.9 Å². The van der Waals surface area contributed by atoms with Gasteiger partial charge < -0.3 is 14.8 Å². The van der Waals surface area contributed by atoms with E-state index >= 15 is 0 Å². The molecule has 3 amide bonds. The highest BCUT2D eigenvalue weighted by Gasteiger charge is 2.34. The van der Waals surface area contributed by atoms with Crippen molar-refractivity contribution in [2.45, 2.75) is 6.92 Å². The molecule has 1 heterocycles. The van der Waals surface area contributed by atoms with E-state index in [2.05, 4.69) is 27.9 Å². The molecule has 0 bridgehead atoms. The molecule has 1 aliphatic heterocycles. The van der Waals surface area contributed by atoms with Crippen LogP contribution in [0.4, 0.5) is 10.5 Å². The van der Waals surface area contributed by atoms with Crippen LogP contribution < -0.4 is 15.0 Å². The van der Waals surface area contributed by atoms with E-state index in [1.54, 1.807) is 55.5 Å². The summed E-state index contributed by atoms with van der Waals surface area (Å²) in [5, 5.41) is 3.08. The fraction of sp³-hybridized carbons (Fsp3) is 0.150. The third-order valence-electron chi connectivity index (χ3n) is 3.88. The van der Waals surface area contributed by atoms with Crippen molar-refractivity contribution < 1.29 is 23.9 Å². The quantitative estimate of drug-likeness (QED) is 0.266. The van der Waals surface area contributed by atoms with Gasteiger partial charge in [0.1, 0.15) is 11.4 Å². The minimum atomic E-state index is -0.535. The summed E-state index contributed by atoms with van der Waals surface area (Å²) in [6, 6.07) is 11.1. The average Bonchev–Trinajstić information content (AvgIpc) is 2.95. The first-order valence-corrected chi connectivity index (χ1v) is 10.1. The second-order valence-electron chi connectivity index (χ2n) is 5.89. The van der Waals surface area contributed by atoms with Gasteiger partial charge in [-0.05, 0) is 77.6 Å². The van der Waals surface area contributed by atoms with E-state index in [1.807, 2.05) is 0 Å². The molecule has 0 unspecified atom stereocenters. The highest BCUT2D eigenvalue weighted by atomic mass is 127. The average molecular weight is 527 g/mol. The van der Waals surface area contributed by atoms with Crippen molar-refractivity contribution in [1.82, 2.24) is 5.32 Å². The van der Waals surface area contributed by atoms with Crippen molar-refractivity contribution in [2.24, 2.45) is 0 Å². The second-order valence-corrected chi connectivity index (χ2v) is 7.49. The number of carbonyl (C=O) groups excluding carboxylic acids is 3. The minimum absolute atomic E-state index is 0.154. The fourth-order valence-corrected chi connectivity index (χ4v) is 3.41. The molecule has 0 radical (unpaired) electrons. The first-order valence-electron chi connectivity index (χ1n) is 8.59. The van der Waals surface area contributed by atoms with Crippen LogP contribution >= 0.6 is 34.2 Å². The number of esters is 1. The maximum atomic E-state index is 12.7. The Kier molecular flexibility index (Phi) is 6.75. The van der Waals surface area contributed by atoms with Gasteiger partial charge in [-0.3, -0.25) is 4.79 Å². The molecule has 2 aromatic carbocycles. The molecule has 9 heteroatoms. The second kappa shape index (κ2) is 9.27. The van der Waals surface area contributed by atoms with Gasteiger partial charge in [0.25, 0.3) is 5.91 Å². The lowest BCUT2D eigenvalue weighted by atomic mass is 10.2. The lowest BCUT2D eigenvalue weighted by Crippen LogP contribution is -2.30. The number of benzene rings is 2. The van der Waals surface area contributed by atoms with Crippen LogP contribution in [-0.4, -0.2) is 31.1 Å². The van der Waals surface area contributed by atoms with Crippen molar-refractivity contribution >= 4 is 63.9 Å². The van der Waals surface area contributed by atoms with Crippen molar-refractivity contribution in [1.29, 1.82) is 0 Å². The van der Waals surface area contributed by atoms with Gasteiger partial charge in [0.15, 0.2) is 6.61 Å². The molecule has 1 fully saturated rings. The summed E-state index contributed by atoms with van der Waals surface area (Å²) in [4.78, 5) is 37.4. The third kappa shape index (κ3) is 5.07. The normalized spacial score (nSPS) is 14.9. The molecule has 0 saturated carbocycles. The van der Waals surface area contributed by atoms with E-state index in [9.17, 15) is 14.4 Å². The Labute approximate surface area is 185 Å². The fourth-order valence-electron chi connectivity index (χ4n) is 2.59. The number of ether oxygens (including phenoxy) is 2. The van der Waals surface area contributed by atoms with Crippen LogP contribution in [0.25, 0.3) is 6.08 Å². The molecule has 1 saturated heterocycles. The summed E-state index contributed by atoms with van der Waals surface area (Å²) >= 11 is 7.92. The largest absolute Gasteiger partial charge is 0.481 e. The summed E-state index contributed by atoms with van der Waals surface area (Å²) in [5.74, 6) is -0.392. The maximum Gasteiger partial charge on any atom is 0.344 e. The summed E-state index contributed by atoms with van der Waals surface area (Å²) < 4.78 is 11.0. The summed E-state index contributed by atoms with van der Waals surface area (Å²) in [7, 11) is 0. The molecule has 0 aliphatic carbocycles. The van der Waals surface area contributed by atoms with E-state index in [1.165, 1.54) is 0 Å². The van der Waals surface area contributed by atoms with Crippen LogP contribution in [0.3, 0.4) is 0 Å². The number of urea groups is 1. The Morgan fingerprint density at radius 1 is 1.21 bits per heavy atom. The third-order valence-corrected chi connectivity index (χ3v) is 4.98. The predicted octanol–water partition coefficient (Wildman–Crippen LogP) is 3.98. The van der Waals surface area contributed by atoms with Crippen LogP contribution in [0.2, 0.25) is 5.02 Å². The maximum absolute atomic E-state index is 12.7. The zero-order chi connectivity index (χ0) is 21.0. The molecule has 29 heavy (non-hydrogen) atoms. The van der Waals surface area contributed by atoms with Crippen LogP contribution in [-0.2, 0) is 14.3 Å². The summed E-state index contributed by atoms with van der Waals surface area (Å²) in [6.07, 6.45) is 1.58. The number of amides is 3. The summed E-state index contributed by atoms with van der Waals surface area (Å²) in [5.41, 5.74) is 1.28. The smallest absolute Gasteiger partial charge is 0.344 e. The zero-order valence-electron chi connectivity index (χ0n) is 15.3. The van der Waals surface area contributed by atoms with Gasteiger partial charge in [-0.25, -0.2) is 14.5 Å². The van der Waals surface area contributed by atoms with Crippen LogP contribution in [0.1, 0.15) is 12.5 Å². The molecule has 150 valence electrons. The first-order chi connectivity index (χ1) is 13.9. The van der Waals surface area contributed by atoms with Crippen molar-refractivity contribution in [3.8, 4) is 5.75 Å². The summed E-state index contributed by atoms with van der Waals surface area (Å²) in [6.45, 7) is 1.83. The van der Waals surface area contributed by atoms with Gasteiger partial charge in [-0.15, -0.1) is 0 Å². The number of hydrogen-bond acceptors (Lipinski definition) is 5. The number of rotatable bonds is 6. The van der Waals surface area contributed by atoms with E-state index < -0.39 is 17.9 Å². The molecular formula is C20H16ClIN2O5. The molecule has 2 aromatic rings. The molecule has 1 N–H and O–H groups in total. The molecule has 0 atom stereocenters. The molecule has 0 spiro atoms. The first kappa shape index (κ1) is 21.1. The number of hydrogen-bond donors (Lipinski definition) is 1. The molecular weight excluding hydrogens is 511 g/mol. The molecule has 0 aromatic heterocycles. The van der Waals surface area contributed by atoms with Crippen LogP contribution in [0.15, 0.2) is 48.2 Å². The lowest BCUT2D eigenvalue weighted by Gasteiger charge is -2.11. The monoisotopic (exact) mass is 526 g/mol. The molecule has 7 nitrogen and oxygen atoms in total. The Morgan fingerprint density at radius 2 is 1.93 bits per heavy atom. The van der Waals surface area contributed by atoms with Crippen molar-refractivity contribution in [3.05, 3.63) is 62.3 Å². The Balaban J connectivity index is 1.75. The number of halogens is 2. The number of nitrogens with one attached hydrogen (secondary N) is 1. The molecule has 1 aliphatic rings. The van der Waals surface area contributed by atoms with Crippen molar-refractivity contribution in [2.75, 3.05) is 18.1 Å². The van der Waals surface area contributed by atoms with Gasteiger partial charge in [-0.1, -0.05) is 17.7 Å². The van der Waals surface area contributed by atoms with Gasteiger partial charge in [0.2, 0.25) is 0 Å². The van der Waals surface area contributed by atoms with Gasteiger partial charge in [0.05, 0.1) is 15.9 Å². The number of anilines is 1. The van der Waals surface area contributed by atoms with E-state index in [4.69, 9.17) is 21.1 Å². The Morgan fingerprint density at radius 3 is 2.59 bits per heavy atom. The van der Waals surface area contributed by atoms with Gasteiger partial charge >= 0.3 is 12.0 Å². The Bertz CT molecular complexity index is 991. The highest BCUT2D eigenvalue weighted by Crippen LogP contribution is 2.26.